The van der Waals surface area contributed by atoms with Gasteiger partial charge in [0.05, 0.1) is 10.5 Å². The van der Waals surface area contributed by atoms with E-state index in [0.29, 0.717) is 4.99 Å². The van der Waals surface area contributed by atoms with Crippen molar-refractivity contribution in [2.24, 2.45) is 17.1 Å². The summed E-state index contributed by atoms with van der Waals surface area (Å²) in [5.74, 6) is 0.276. The van der Waals surface area contributed by atoms with Gasteiger partial charge in [-0.25, -0.2) is 0 Å². The maximum absolute atomic E-state index is 12.6. The van der Waals surface area contributed by atoms with E-state index in [1.54, 1.807) is 0 Å². The fourth-order valence-electron chi connectivity index (χ4n) is 3.72. The first-order valence-electron chi connectivity index (χ1n) is 7.49. The van der Waals surface area contributed by atoms with E-state index in [1.165, 1.54) is 6.42 Å². The quantitative estimate of drug-likeness (QED) is 0.783. The first-order chi connectivity index (χ1) is 8.87. The number of hydrogen-bond donors (Lipinski definition) is 2. The molecule has 4 heteroatoms. The second-order valence-electron chi connectivity index (χ2n) is 6.93. The van der Waals surface area contributed by atoms with Crippen LogP contribution in [-0.4, -0.2) is 16.4 Å². The summed E-state index contributed by atoms with van der Waals surface area (Å²) in [4.78, 5) is 13.1. The molecule has 0 heterocycles. The highest BCUT2D eigenvalue weighted by Gasteiger charge is 2.43. The Balaban J connectivity index is 2.09. The van der Waals surface area contributed by atoms with Crippen LogP contribution in [0.5, 0.6) is 0 Å². The molecule has 0 spiro atoms. The Morgan fingerprint density at radius 1 is 1.16 bits per heavy atom. The predicted molar refractivity (Wildman–Crippen MR) is 81.9 cm³/mol. The van der Waals surface area contributed by atoms with Crippen molar-refractivity contribution < 1.29 is 4.79 Å². The third-order valence-corrected chi connectivity index (χ3v) is 5.51. The zero-order chi connectivity index (χ0) is 14.1. The molecule has 1 amide bonds. The van der Waals surface area contributed by atoms with Gasteiger partial charge in [-0.05, 0) is 31.1 Å². The molecular formula is C15H26N2OS. The molecule has 0 aromatic carbocycles. The van der Waals surface area contributed by atoms with Gasteiger partial charge in [0.25, 0.3) is 0 Å². The summed E-state index contributed by atoms with van der Waals surface area (Å²) >= 11 is 5.24. The summed E-state index contributed by atoms with van der Waals surface area (Å²) in [6, 6.07) is 0. The van der Waals surface area contributed by atoms with Gasteiger partial charge in [0.2, 0.25) is 5.91 Å². The molecule has 108 valence electrons. The minimum Gasteiger partial charge on any atom is -0.391 e. The van der Waals surface area contributed by atoms with Gasteiger partial charge < -0.3 is 11.1 Å². The van der Waals surface area contributed by atoms with Crippen molar-refractivity contribution in [2.75, 3.05) is 0 Å². The average molecular weight is 282 g/mol. The lowest BCUT2D eigenvalue weighted by atomic mass is 9.78. The monoisotopic (exact) mass is 282 g/mol. The number of rotatable bonds is 3. The van der Waals surface area contributed by atoms with Crippen LogP contribution in [0.1, 0.15) is 65.2 Å². The molecule has 0 aliphatic heterocycles. The molecule has 3 N–H and O–H groups in total. The minimum absolute atomic E-state index is 0.107. The first-order valence-corrected chi connectivity index (χ1v) is 7.90. The molecule has 0 saturated heterocycles. The van der Waals surface area contributed by atoms with Crippen LogP contribution in [0.25, 0.3) is 0 Å². The zero-order valence-corrected chi connectivity index (χ0v) is 12.9. The van der Waals surface area contributed by atoms with Crippen molar-refractivity contribution in [3.8, 4) is 0 Å². The smallest absolute Gasteiger partial charge is 0.224 e. The van der Waals surface area contributed by atoms with E-state index >= 15 is 0 Å². The number of thiocarbonyl (C=S) groups is 1. The van der Waals surface area contributed by atoms with Crippen LogP contribution < -0.4 is 11.1 Å². The normalized spacial score (nSPS) is 28.8. The third kappa shape index (κ3) is 2.93. The Morgan fingerprint density at radius 3 is 2.26 bits per heavy atom. The molecule has 2 rings (SSSR count). The summed E-state index contributed by atoms with van der Waals surface area (Å²) in [6.45, 7) is 4.39. The zero-order valence-electron chi connectivity index (χ0n) is 12.1. The Bertz CT molecular complexity index is 372. The summed E-state index contributed by atoms with van der Waals surface area (Å²) in [6.07, 6.45) is 8.50. The molecule has 19 heavy (non-hydrogen) atoms. The van der Waals surface area contributed by atoms with E-state index in [9.17, 15) is 4.79 Å². The topological polar surface area (TPSA) is 55.1 Å². The van der Waals surface area contributed by atoms with Crippen molar-refractivity contribution in [3.63, 3.8) is 0 Å². The molecule has 2 aliphatic carbocycles. The molecule has 2 fully saturated rings. The molecule has 0 aromatic rings. The lowest BCUT2D eigenvalue weighted by molar-refractivity contribution is -0.129. The van der Waals surface area contributed by atoms with Gasteiger partial charge in [-0.2, -0.15) is 0 Å². The summed E-state index contributed by atoms with van der Waals surface area (Å²) in [5.41, 5.74) is 5.63. The third-order valence-electron chi connectivity index (χ3n) is 5.11. The first kappa shape index (κ1) is 14.8. The lowest BCUT2D eigenvalue weighted by Gasteiger charge is -2.39. The maximum atomic E-state index is 12.6. The molecule has 0 bridgehead atoms. The Kier molecular flexibility index (Phi) is 4.19. The van der Waals surface area contributed by atoms with Gasteiger partial charge >= 0.3 is 0 Å². The van der Waals surface area contributed by atoms with E-state index < -0.39 is 5.54 Å². The van der Waals surface area contributed by atoms with E-state index in [1.807, 2.05) is 0 Å². The number of hydrogen-bond acceptors (Lipinski definition) is 2. The summed E-state index contributed by atoms with van der Waals surface area (Å²) in [5, 5.41) is 3.22. The Hall–Kier alpha value is -0.640. The second-order valence-corrected chi connectivity index (χ2v) is 7.37. The molecule has 2 aliphatic rings. The van der Waals surface area contributed by atoms with E-state index in [2.05, 4.69) is 19.2 Å². The minimum atomic E-state index is -0.413. The predicted octanol–water partition coefficient (Wildman–Crippen LogP) is 2.92. The number of nitrogens with one attached hydrogen (secondary N) is 1. The van der Waals surface area contributed by atoms with Gasteiger partial charge in [0.1, 0.15) is 0 Å². The Morgan fingerprint density at radius 2 is 1.79 bits per heavy atom. The molecule has 2 saturated carbocycles. The van der Waals surface area contributed by atoms with Crippen LogP contribution >= 0.6 is 12.2 Å². The van der Waals surface area contributed by atoms with Crippen LogP contribution in [0.3, 0.4) is 0 Å². The van der Waals surface area contributed by atoms with Gasteiger partial charge in [-0.15, -0.1) is 0 Å². The maximum Gasteiger partial charge on any atom is 0.224 e. The molecular weight excluding hydrogens is 256 g/mol. The van der Waals surface area contributed by atoms with Crippen molar-refractivity contribution in [1.82, 2.24) is 5.32 Å². The van der Waals surface area contributed by atoms with Crippen molar-refractivity contribution in [3.05, 3.63) is 0 Å². The molecule has 0 radical (unpaired) electrons. The fraction of sp³-hybridized carbons (Fsp3) is 0.867. The molecule has 1 atom stereocenters. The number of carbonyl (C=O) groups is 1. The molecule has 1 unspecified atom stereocenters. The van der Waals surface area contributed by atoms with Crippen LogP contribution in [0, 0.1) is 11.3 Å². The van der Waals surface area contributed by atoms with Crippen LogP contribution in [0.4, 0.5) is 0 Å². The largest absolute Gasteiger partial charge is 0.391 e. The van der Waals surface area contributed by atoms with E-state index in [-0.39, 0.29) is 17.2 Å². The molecule has 3 nitrogen and oxygen atoms in total. The fourth-order valence-corrected chi connectivity index (χ4v) is 3.98. The number of nitrogens with two attached hydrogens (primary N) is 1. The van der Waals surface area contributed by atoms with Gasteiger partial charge in [0.15, 0.2) is 0 Å². The second kappa shape index (κ2) is 5.39. The Labute approximate surface area is 121 Å². The summed E-state index contributed by atoms with van der Waals surface area (Å²) < 4.78 is 0. The summed E-state index contributed by atoms with van der Waals surface area (Å²) in [7, 11) is 0. The lowest BCUT2D eigenvalue weighted by Crippen LogP contribution is -2.59. The van der Waals surface area contributed by atoms with Gasteiger partial charge in [0, 0.05) is 5.92 Å². The van der Waals surface area contributed by atoms with E-state index in [0.717, 1.165) is 44.9 Å². The highest BCUT2D eigenvalue weighted by Crippen LogP contribution is 2.43. The van der Waals surface area contributed by atoms with Crippen molar-refractivity contribution >= 4 is 23.1 Å². The number of carbonyl (C=O) groups excluding carboxylic acids is 1. The number of amides is 1. The van der Waals surface area contributed by atoms with Crippen LogP contribution in [0.2, 0.25) is 0 Å². The van der Waals surface area contributed by atoms with E-state index in [4.69, 9.17) is 18.0 Å². The average Bonchev–Trinajstić information content (AvgIpc) is 2.70. The van der Waals surface area contributed by atoms with Crippen molar-refractivity contribution in [1.29, 1.82) is 0 Å². The van der Waals surface area contributed by atoms with Gasteiger partial charge in [-0.3, -0.25) is 4.79 Å². The highest BCUT2D eigenvalue weighted by molar-refractivity contribution is 7.80. The molecule has 0 aromatic heterocycles. The SMILES string of the molecule is CC1(C)CCCC1C(=O)NC1(C(N)=S)CCCCC1. The van der Waals surface area contributed by atoms with Crippen LogP contribution in [0.15, 0.2) is 0 Å². The van der Waals surface area contributed by atoms with Gasteiger partial charge in [-0.1, -0.05) is 51.7 Å². The standard InChI is InChI=1S/C15H26N2OS/c1-14(2)8-6-7-11(14)12(18)17-15(13(16)19)9-4-3-5-10-15/h11H,3-10H2,1-2H3,(H2,16,19)(H,17,18). The highest BCUT2D eigenvalue weighted by atomic mass is 32.1. The van der Waals surface area contributed by atoms with Crippen LogP contribution in [-0.2, 0) is 4.79 Å². The van der Waals surface area contributed by atoms with Crippen molar-refractivity contribution in [2.45, 2.75) is 70.8 Å².